The summed E-state index contributed by atoms with van der Waals surface area (Å²) in [6, 6.07) is 0. The first-order valence-corrected chi connectivity index (χ1v) is 8.76. The lowest BCUT2D eigenvalue weighted by Gasteiger charge is -2.38. The normalized spacial score (nSPS) is 12.9. The molecule has 0 amide bonds. The molecule has 0 spiro atoms. The highest BCUT2D eigenvalue weighted by atomic mass is 15.1. The predicted octanol–water partition coefficient (Wildman–Crippen LogP) is 4.41. The van der Waals surface area contributed by atoms with Gasteiger partial charge in [0.05, 0.1) is 0 Å². The summed E-state index contributed by atoms with van der Waals surface area (Å²) < 4.78 is 0. The Hall–Kier alpha value is -0.0800. The molecule has 2 nitrogen and oxygen atoms in total. The smallest absolute Gasteiger partial charge is 0.00499 e. The van der Waals surface area contributed by atoms with Crippen molar-refractivity contribution in [3.8, 4) is 0 Å². The van der Waals surface area contributed by atoms with E-state index >= 15 is 0 Å². The first-order valence-electron chi connectivity index (χ1n) is 8.76. The zero-order valence-corrected chi connectivity index (χ0v) is 15.3. The number of hydrogen-bond donors (Lipinski definition) is 1. The molecule has 122 valence electrons. The van der Waals surface area contributed by atoms with Crippen molar-refractivity contribution in [3.05, 3.63) is 0 Å². The van der Waals surface area contributed by atoms with Crippen molar-refractivity contribution in [2.24, 2.45) is 17.3 Å². The summed E-state index contributed by atoms with van der Waals surface area (Å²) in [6.45, 7) is 18.9. The average Bonchev–Trinajstić information content (AvgIpc) is 2.40. The largest absolute Gasteiger partial charge is 0.319 e. The van der Waals surface area contributed by atoms with Gasteiger partial charge in [-0.05, 0) is 63.1 Å². The van der Waals surface area contributed by atoms with Crippen LogP contribution in [0.3, 0.4) is 0 Å². The molecule has 0 aromatic carbocycles. The molecule has 0 saturated carbocycles. The third-order valence-electron chi connectivity index (χ3n) is 4.66. The SMILES string of the molecule is CCC(CC)(CNC)CN(CCC(C)C)CCC(C)C. The lowest BCUT2D eigenvalue weighted by atomic mass is 9.81. The van der Waals surface area contributed by atoms with Gasteiger partial charge in [-0.2, -0.15) is 0 Å². The van der Waals surface area contributed by atoms with Gasteiger partial charge in [-0.15, -0.1) is 0 Å². The molecule has 0 heterocycles. The van der Waals surface area contributed by atoms with E-state index in [4.69, 9.17) is 0 Å². The summed E-state index contributed by atoms with van der Waals surface area (Å²) in [7, 11) is 2.09. The Kier molecular flexibility index (Phi) is 10.6. The van der Waals surface area contributed by atoms with Crippen LogP contribution in [0.25, 0.3) is 0 Å². The number of rotatable bonds is 12. The molecule has 0 rings (SSSR count). The van der Waals surface area contributed by atoms with E-state index in [-0.39, 0.29) is 0 Å². The minimum atomic E-state index is 0.447. The second kappa shape index (κ2) is 10.6. The van der Waals surface area contributed by atoms with E-state index in [1.165, 1.54) is 45.3 Å². The quantitative estimate of drug-likeness (QED) is 0.571. The highest BCUT2D eigenvalue weighted by Gasteiger charge is 2.28. The summed E-state index contributed by atoms with van der Waals surface area (Å²) in [6.07, 6.45) is 5.18. The number of nitrogens with zero attached hydrogens (tertiary/aromatic N) is 1. The number of hydrogen-bond acceptors (Lipinski definition) is 2. The lowest BCUT2D eigenvalue weighted by Crippen LogP contribution is -2.44. The Morgan fingerprint density at radius 3 is 1.65 bits per heavy atom. The molecule has 0 aliphatic rings. The Balaban J connectivity index is 4.62. The van der Waals surface area contributed by atoms with Crippen molar-refractivity contribution < 1.29 is 0 Å². The molecule has 0 fully saturated rings. The van der Waals surface area contributed by atoms with E-state index in [2.05, 4.69) is 58.8 Å². The third-order valence-corrected chi connectivity index (χ3v) is 4.66. The van der Waals surface area contributed by atoms with E-state index in [1.807, 2.05) is 0 Å². The van der Waals surface area contributed by atoms with Gasteiger partial charge in [0.1, 0.15) is 0 Å². The van der Waals surface area contributed by atoms with Gasteiger partial charge < -0.3 is 10.2 Å². The van der Waals surface area contributed by atoms with Crippen LogP contribution >= 0.6 is 0 Å². The molecular weight excluding hydrogens is 244 g/mol. The first-order chi connectivity index (χ1) is 9.39. The highest BCUT2D eigenvalue weighted by Crippen LogP contribution is 2.27. The molecule has 0 unspecified atom stereocenters. The number of nitrogens with one attached hydrogen (secondary N) is 1. The molecule has 0 aromatic heterocycles. The molecule has 0 atom stereocenters. The van der Waals surface area contributed by atoms with Crippen LogP contribution in [0.1, 0.15) is 67.2 Å². The zero-order chi connectivity index (χ0) is 15.6. The second-order valence-corrected chi connectivity index (χ2v) is 7.38. The molecule has 2 heteroatoms. The average molecular weight is 285 g/mol. The van der Waals surface area contributed by atoms with Crippen LogP contribution < -0.4 is 5.32 Å². The molecule has 0 aliphatic carbocycles. The fraction of sp³-hybridized carbons (Fsp3) is 1.00. The molecule has 0 aliphatic heterocycles. The van der Waals surface area contributed by atoms with Gasteiger partial charge in [0.15, 0.2) is 0 Å². The van der Waals surface area contributed by atoms with Gasteiger partial charge in [-0.1, -0.05) is 41.5 Å². The van der Waals surface area contributed by atoms with Crippen LogP contribution in [0.2, 0.25) is 0 Å². The first kappa shape index (κ1) is 19.9. The molecular formula is C18H40N2. The van der Waals surface area contributed by atoms with Crippen LogP contribution in [0, 0.1) is 17.3 Å². The highest BCUT2D eigenvalue weighted by molar-refractivity contribution is 4.82. The Morgan fingerprint density at radius 2 is 1.35 bits per heavy atom. The standard InChI is InChI=1S/C18H40N2/c1-8-18(9-2,14-19-7)15-20(12-10-16(3)4)13-11-17(5)6/h16-17,19H,8-15H2,1-7H3. The summed E-state index contributed by atoms with van der Waals surface area (Å²) in [5, 5.41) is 3.42. The van der Waals surface area contributed by atoms with Gasteiger partial charge in [0.2, 0.25) is 0 Å². The molecule has 0 radical (unpaired) electrons. The van der Waals surface area contributed by atoms with E-state index < -0.39 is 0 Å². The molecule has 20 heavy (non-hydrogen) atoms. The van der Waals surface area contributed by atoms with Crippen molar-refractivity contribution in [1.29, 1.82) is 0 Å². The summed E-state index contributed by atoms with van der Waals surface area (Å²) >= 11 is 0. The van der Waals surface area contributed by atoms with Crippen molar-refractivity contribution in [1.82, 2.24) is 10.2 Å². The van der Waals surface area contributed by atoms with Gasteiger partial charge in [-0.25, -0.2) is 0 Å². The molecule has 0 aromatic rings. The van der Waals surface area contributed by atoms with Gasteiger partial charge in [-0.3, -0.25) is 0 Å². The Bertz CT molecular complexity index is 207. The summed E-state index contributed by atoms with van der Waals surface area (Å²) in [5.41, 5.74) is 0.447. The van der Waals surface area contributed by atoms with E-state index in [0.29, 0.717) is 5.41 Å². The summed E-state index contributed by atoms with van der Waals surface area (Å²) in [5.74, 6) is 1.61. The maximum Gasteiger partial charge on any atom is 0.00499 e. The van der Waals surface area contributed by atoms with Gasteiger partial charge in [0, 0.05) is 13.1 Å². The van der Waals surface area contributed by atoms with Gasteiger partial charge in [0.25, 0.3) is 0 Å². The minimum absolute atomic E-state index is 0.447. The maximum atomic E-state index is 3.42. The lowest BCUT2D eigenvalue weighted by molar-refractivity contribution is 0.127. The van der Waals surface area contributed by atoms with Crippen LogP contribution in [0.4, 0.5) is 0 Å². The second-order valence-electron chi connectivity index (χ2n) is 7.38. The van der Waals surface area contributed by atoms with Crippen molar-refractivity contribution >= 4 is 0 Å². The van der Waals surface area contributed by atoms with Crippen molar-refractivity contribution in [3.63, 3.8) is 0 Å². The fourth-order valence-electron chi connectivity index (χ4n) is 2.78. The van der Waals surface area contributed by atoms with Crippen LogP contribution in [-0.4, -0.2) is 38.1 Å². The Labute approximate surface area is 128 Å². The minimum Gasteiger partial charge on any atom is -0.319 e. The van der Waals surface area contributed by atoms with E-state index in [9.17, 15) is 0 Å². The molecule has 0 bridgehead atoms. The maximum absolute atomic E-state index is 3.42. The molecule has 0 saturated heterocycles. The predicted molar refractivity (Wildman–Crippen MR) is 92.3 cm³/mol. The van der Waals surface area contributed by atoms with Crippen molar-refractivity contribution in [2.45, 2.75) is 67.2 Å². The van der Waals surface area contributed by atoms with Gasteiger partial charge >= 0.3 is 0 Å². The third kappa shape index (κ3) is 8.26. The zero-order valence-electron chi connectivity index (χ0n) is 15.3. The van der Waals surface area contributed by atoms with Crippen LogP contribution in [0.15, 0.2) is 0 Å². The van der Waals surface area contributed by atoms with Crippen molar-refractivity contribution in [2.75, 3.05) is 33.2 Å². The van der Waals surface area contributed by atoms with Crippen LogP contribution in [-0.2, 0) is 0 Å². The van der Waals surface area contributed by atoms with Crippen LogP contribution in [0.5, 0.6) is 0 Å². The van der Waals surface area contributed by atoms with E-state index in [0.717, 1.165) is 18.4 Å². The monoisotopic (exact) mass is 284 g/mol. The fourth-order valence-corrected chi connectivity index (χ4v) is 2.78. The Morgan fingerprint density at radius 1 is 0.900 bits per heavy atom. The topological polar surface area (TPSA) is 15.3 Å². The van der Waals surface area contributed by atoms with E-state index in [1.54, 1.807) is 0 Å². The summed E-state index contributed by atoms with van der Waals surface area (Å²) in [4.78, 5) is 2.73. The molecule has 1 N–H and O–H groups in total.